The molecule has 1 spiro atoms. The van der Waals surface area contributed by atoms with E-state index in [9.17, 15) is 14.4 Å². The highest BCUT2D eigenvalue weighted by Gasteiger charge is 2.54. The number of imide groups is 1. The fraction of sp³-hybridized carbons (Fsp3) is 0.375. The van der Waals surface area contributed by atoms with Gasteiger partial charge in [-0.05, 0) is 60.4 Å². The van der Waals surface area contributed by atoms with Crippen LogP contribution >= 0.6 is 0 Å². The number of urea groups is 1. The number of fused-ring (bicyclic) bond motifs is 2. The molecule has 5 nitrogen and oxygen atoms in total. The molecule has 1 atom stereocenters. The second kappa shape index (κ2) is 7.47. The van der Waals surface area contributed by atoms with Crippen molar-refractivity contribution in [2.75, 3.05) is 6.54 Å². The number of aryl methyl sites for hydroxylation is 3. The Bertz CT molecular complexity index is 997. The van der Waals surface area contributed by atoms with E-state index in [2.05, 4.69) is 5.32 Å². The summed E-state index contributed by atoms with van der Waals surface area (Å²) >= 11 is 0. The number of rotatable bonds is 5. The Morgan fingerprint density at radius 1 is 1.10 bits per heavy atom. The fourth-order valence-electron chi connectivity index (χ4n) is 4.60. The molecule has 3 amide bonds. The molecule has 0 bridgehead atoms. The van der Waals surface area contributed by atoms with Crippen molar-refractivity contribution in [3.63, 3.8) is 0 Å². The molecule has 1 N–H and O–H groups in total. The normalized spacial score (nSPS) is 20.7. The molecule has 1 fully saturated rings. The van der Waals surface area contributed by atoms with Crippen LogP contribution in [0.5, 0.6) is 0 Å². The molecule has 5 heteroatoms. The topological polar surface area (TPSA) is 66.5 Å². The van der Waals surface area contributed by atoms with Crippen molar-refractivity contribution >= 4 is 17.7 Å². The molecule has 1 saturated heterocycles. The number of nitrogens with one attached hydrogen (secondary N) is 1. The molecule has 2 aromatic rings. The monoisotopic (exact) mass is 390 g/mol. The van der Waals surface area contributed by atoms with Gasteiger partial charge in [0.15, 0.2) is 5.78 Å². The molecule has 29 heavy (non-hydrogen) atoms. The van der Waals surface area contributed by atoms with Gasteiger partial charge in [-0.3, -0.25) is 14.5 Å². The average molecular weight is 390 g/mol. The molecular formula is C24H26N2O3. The standard InChI is InChI=1S/C24H26N2O3/c1-3-16-11-12-17(4-2)19(14-16)21(27)15-26-22(28)24(25-23(26)29)13-7-9-18-8-5-6-10-20(18)24/h5-6,8,10-12,14H,3-4,7,9,13,15H2,1-2H3,(H,25,29)/t24-/m1/s1. The molecule has 4 rings (SSSR count). The van der Waals surface area contributed by atoms with E-state index in [0.717, 1.165) is 52.8 Å². The zero-order valence-electron chi connectivity index (χ0n) is 17.0. The lowest BCUT2D eigenvalue weighted by Gasteiger charge is -2.33. The van der Waals surface area contributed by atoms with Gasteiger partial charge in [0.25, 0.3) is 5.91 Å². The highest BCUT2D eigenvalue weighted by molar-refractivity contribution is 6.12. The molecule has 2 aromatic carbocycles. The largest absolute Gasteiger partial charge is 0.325 e. The van der Waals surface area contributed by atoms with E-state index < -0.39 is 11.6 Å². The summed E-state index contributed by atoms with van der Waals surface area (Å²) in [6.07, 6.45) is 3.83. The van der Waals surface area contributed by atoms with Gasteiger partial charge in [0.2, 0.25) is 0 Å². The Balaban J connectivity index is 1.64. The van der Waals surface area contributed by atoms with Crippen LogP contribution in [0.25, 0.3) is 0 Å². The number of ketones is 1. The number of hydrogen-bond donors (Lipinski definition) is 1. The summed E-state index contributed by atoms with van der Waals surface area (Å²) in [6, 6.07) is 13.2. The summed E-state index contributed by atoms with van der Waals surface area (Å²) < 4.78 is 0. The maximum Gasteiger partial charge on any atom is 0.325 e. The van der Waals surface area contributed by atoms with Crippen LogP contribution in [0.3, 0.4) is 0 Å². The minimum atomic E-state index is -1.04. The van der Waals surface area contributed by atoms with Crippen LogP contribution in [-0.4, -0.2) is 29.2 Å². The number of Topliss-reactive ketones (excluding diaryl/α,β-unsaturated/α-hetero) is 1. The van der Waals surface area contributed by atoms with Gasteiger partial charge in [0.1, 0.15) is 5.54 Å². The smallest absolute Gasteiger partial charge is 0.319 e. The summed E-state index contributed by atoms with van der Waals surface area (Å²) in [7, 11) is 0. The molecule has 150 valence electrons. The van der Waals surface area contributed by atoms with Crippen LogP contribution in [0.4, 0.5) is 4.79 Å². The first kappa shape index (κ1) is 19.4. The summed E-state index contributed by atoms with van der Waals surface area (Å²) in [5.74, 6) is -0.505. The first-order valence-electron chi connectivity index (χ1n) is 10.4. The maximum absolute atomic E-state index is 13.4. The quantitative estimate of drug-likeness (QED) is 0.624. The predicted molar refractivity (Wildman–Crippen MR) is 111 cm³/mol. The van der Waals surface area contributed by atoms with Gasteiger partial charge >= 0.3 is 6.03 Å². The summed E-state index contributed by atoms with van der Waals surface area (Å²) in [5, 5.41) is 2.92. The number of hydrogen-bond acceptors (Lipinski definition) is 3. The lowest BCUT2D eigenvalue weighted by Crippen LogP contribution is -2.46. The zero-order valence-corrected chi connectivity index (χ0v) is 17.0. The van der Waals surface area contributed by atoms with Gasteiger partial charge in [0, 0.05) is 5.56 Å². The Kier molecular flexibility index (Phi) is 4.99. The fourth-order valence-corrected chi connectivity index (χ4v) is 4.60. The molecule has 1 heterocycles. The molecule has 2 aliphatic rings. The second-order valence-corrected chi connectivity index (χ2v) is 7.86. The van der Waals surface area contributed by atoms with Gasteiger partial charge in [-0.25, -0.2) is 4.79 Å². The third-order valence-electron chi connectivity index (χ3n) is 6.22. The molecule has 1 aliphatic heterocycles. The Hall–Kier alpha value is -2.95. The summed E-state index contributed by atoms with van der Waals surface area (Å²) in [6.45, 7) is 3.81. The third kappa shape index (κ3) is 3.15. The molecule has 0 saturated carbocycles. The van der Waals surface area contributed by atoms with E-state index in [0.29, 0.717) is 12.0 Å². The van der Waals surface area contributed by atoms with Gasteiger partial charge in [0.05, 0.1) is 6.54 Å². The second-order valence-electron chi connectivity index (χ2n) is 7.86. The Labute approximate surface area is 171 Å². The molecule has 0 aromatic heterocycles. The average Bonchev–Trinajstić information content (AvgIpc) is 2.98. The van der Waals surface area contributed by atoms with E-state index in [1.54, 1.807) is 0 Å². The van der Waals surface area contributed by atoms with Crippen LogP contribution in [0.2, 0.25) is 0 Å². The van der Waals surface area contributed by atoms with Crippen LogP contribution < -0.4 is 5.32 Å². The SMILES string of the molecule is CCc1ccc(CC)c(C(=O)CN2C(=O)N[C@@]3(CCCc4ccccc43)C2=O)c1. The van der Waals surface area contributed by atoms with Crippen LogP contribution in [0.15, 0.2) is 42.5 Å². The highest BCUT2D eigenvalue weighted by atomic mass is 16.2. The lowest BCUT2D eigenvalue weighted by molar-refractivity contribution is -0.131. The number of benzene rings is 2. The van der Waals surface area contributed by atoms with Crippen molar-refractivity contribution in [1.29, 1.82) is 0 Å². The third-order valence-corrected chi connectivity index (χ3v) is 6.22. The minimum Gasteiger partial charge on any atom is -0.319 e. The van der Waals surface area contributed by atoms with Crippen molar-refractivity contribution in [2.24, 2.45) is 0 Å². The molecule has 0 radical (unpaired) electrons. The van der Waals surface area contributed by atoms with Crippen molar-refractivity contribution < 1.29 is 14.4 Å². The summed E-state index contributed by atoms with van der Waals surface area (Å²) in [4.78, 5) is 40.3. The van der Waals surface area contributed by atoms with Crippen LogP contribution in [0, 0.1) is 0 Å². The van der Waals surface area contributed by atoms with Crippen molar-refractivity contribution in [3.8, 4) is 0 Å². The number of amides is 3. The summed E-state index contributed by atoms with van der Waals surface area (Å²) in [5.41, 5.74) is 3.53. The predicted octanol–water partition coefficient (Wildman–Crippen LogP) is 3.78. The molecule has 0 unspecified atom stereocenters. The van der Waals surface area contributed by atoms with Crippen LogP contribution in [-0.2, 0) is 29.6 Å². The minimum absolute atomic E-state index is 0.193. The van der Waals surface area contributed by atoms with E-state index >= 15 is 0 Å². The Morgan fingerprint density at radius 2 is 1.90 bits per heavy atom. The van der Waals surface area contributed by atoms with E-state index in [1.807, 2.05) is 56.3 Å². The van der Waals surface area contributed by atoms with E-state index in [1.165, 1.54) is 0 Å². The van der Waals surface area contributed by atoms with Gasteiger partial charge in [-0.1, -0.05) is 50.2 Å². The molecular weight excluding hydrogens is 364 g/mol. The van der Waals surface area contributed by atoms with Gasteiger partial charge < -0.3 is 5.32 Å². The van der Waals surface area contributed by atoms with Gasteiger partial charge in [-0.2, -0.15) is 0 Å². The van der Waals surface area contributed by atoms with Gasteiger partial charge in [-0.15, -0.1) is 0 Å². The van der Waals surface area contributed by atoms with Crippen LogP contribution in [0.1, 0.15) is 59.3 Å². The van der Waals surface area contributed by atoms with Crippen molar-refractivity contribution in [1.82, 2.24) is 10.2 Å². The first-order valence-corrected chi connectivity index (χ1v) is 10.4. The van der Waals surface area contributed by atoms with E-state index in [-0.39, 0.29) is 18.2 Å². The first-order chi connectivity index (χ1) is 14.0. The number of carbonyl (C=O) groups is 3. The zero-order chi connectivity index (χ0) is 20.6. The lowest BCUT2D eigenvalue weighted by atomic mass is 9.76. The van der Waals surface area contributed by atoms with Crippen molar-refractivity contribution in [2.45, 2.75) is 51.5 Å². The molecule has 1 aliphatic carbocycles. The van der Waals surface area contributed by atoms with E-state index in [4.69, 9.17) is 0 Å². The number of nitrogens with zero attached hydrogens (tertiary/aromatic N) is 1. The number of carbonyl (C=O) groups excluding carboxylic acids is 3. The van der Waals surface area contributed by atoms with Crippen molar-refractivity contribution in [3.05, 3.63) is 70.3 Å². The highest BCUT2D eigenvalue weighted by Crippen LogP contribution is 2.39. The maximum atomic E-state index is 13.4. The Morgan fingerprint density at radius 3 is 2.66 bits per heavy atom.